The van der Waals surface area contributed by atoms with Crippen LogP contribution >= 0.6 is 0 Å². The molecule has 4 nitrogen and oxygen atoms in total. The number of nitrogens with two attached hydrogens (primary N) is 1. The number of hydrogen-bond donors (Lipinski definition) is 2. The molecule has 1 rings (SSSR count). The van der Waals surface area contributed by atoms with E-state index in [9.17, 15) is 4.79 Å². The maximum absolute atomic E-state index is 12.0. The molecule has 3 atom stereocenters. The summed E-state index contributed by atoms with van der Waals surface area (Å²) in [6.07, 6.45) is 5.41. The summed E-state index contributed by atoms with van der Waals surface area (Å²) in [5.74, 6) is 0.671. The van der Waals surface area contributed by atoms with Crippen molar-refractivity contribution < 1.29 is 4.79 Å². The summed E-state index contributed by atoms with van der Waals surface area (Å²) < 4.78 is 0. The molecule has 1 fully saturated rings. The monoisotopic (exact) mass is 255 g/mol. The highest BCUT2D eigenvalue weighted by atomic mass is 16.1. The van der Waals surface area contributed by atoms with Crippen LogP contribution in [-0.2, 0) is 4.79 Å². The molecular weight excluding hydrogens is 226 g/mol. The van der Waals surface area contributed by atoms with Crippen LogP contribution in [0.1, 0.15) is 39.0 Å². The van der Waals surface area contributed by atoms with Gasteiger partial charge in [0.25, 0.3) is 0 Å². The number of hydrogen-bond acceptors (Lipinski definition) is 3. The predicted molar refractivity (Wildman–Crippen MR) is 75.3 cm³/mol. The van der Waals surface area contributed by atoms with Crippen molar-refractivity contribution in [2.75, 3.05) is 27.2 Å². The first kappa shape index (κ1) is 15.4. The molecular formula is C14H29N3O. The van der Waals surface area contributed by atoms with Crippen LogP contribution < -0.4 is 11.1 Å². The third-order valence-electron chi connectivity index (χ3n) is 3.96. The molecule has 0 aromatic rings. The first-order chi connectivity index (χ1) is 8.52. The Labute approximate surface area is 111 Å². The summed E-state index contributed by atoms with van der Waals surface area (Å²) in [6.45, 7) is 4.02. The van der Waals surface area contributed by atoms with Crippen molar-refractivity contribution in [3.05, 3.63) is 0 Å². The van der Waals surface area contributed by atoms with E-state index in [1.54, 1.807) is 0 Å². The van der Waals surface area contributed by atoms with Crippen LogP contribution in [0.25, 0.3) is 0 Å². The number of carbonyl (C=O) groups is 1. The van der Waals surface area contributed by atoms with Crippen molar-refractivity contribution in [2.45, 2.75) is 45.1 Å². The number of nitrogens with one attached hydrogen (secondary N) is 1. The number of unbranched alkanes of at least 4 members (excludes halogenated alkanes) is 1. The van der Waals surface area contributed by atoms with Crippen LogP contribution in [0, 0.1) is 11.8 Å². The highest BCUT2D eigenvalue weighted by Crippen LogP contribution is 2.27. The second-order valence-electron chi connectivity index (χ2n) is 5.89. The van der Waals surface area contributed by atoms with Gasteiger partial charge in [-0.3, -0.25) is 4.79 Å². The Morgan fingerprint density at radius 2 is 2.06 bits per heavy atom. The van der Waals surface area contributed by atoms with Crippen molar-refractivity contribution in [1.82, 2.24) is 10.2 Å². The van der Waals surface area contributed by atoms with E-state index in [1.165, 1.54) is 0 Å². The number of amides is 1. The van der Waals surface area contributed by atoms with E-state index in [0.29, 0.717) is 5.92 Å². The van der Waals surface area contributed by atoms with E-state index in [-0.39, 0.29) is 17.9 Å². The standard InChI is InChI=1S/C14H29N3O/c1-11-7-6-8-12(13(11)15)14(18)16-9-4-5-10-17(2)3/h11-13H,4-10,15H2,1-3H3,(H,16,18). The predicted octanol–water partition coefficient (Wildman–Crippen LogP) is 1.21. The van der Waals surface area contributed by atoms with Gasteiger partial charge < -0.3 is 16.0 Å². The van der Waals surface area contributed by atoms with Gasteiger partial charge in [-0.25, -0.2) is 0 Å². The molecule has 3 unspecified atom stereocenters. The third-order valence-corrected chi connectivity index (χ3v) is 3.96. The Kier molecular flexibility index (Phi) is 6.65. The molecule has 1 amide bonds. The fourth-order valence-corrected chi connectivity index (χ4v) is 2.64. The van der Waals surface area contributed by atoms with Crippen LogP contribution in [0.4, 0.5) is 0 Å². The SMILES string of the molecule is CC1CCCC(C(=O)NCCCCN(C)C)C1N. The van der Waals surface area contributed by atoms with E-state index >= 15 is 0 Å². The van der Waals surface area contributed by atoms with Crippen molar-refractivity contribution in [1.29, 1.82) is 0 Å². The lowest BCUT2D eigenvalue weighted by Crippen LogP contribution is -2.47. The molecule has 0 heterocycles. The molecule has 0 saturated heterocycles. The van der Waals surface area contributed by atoms with E-state index in [4.69, 9.17) is 5.73 Å². The zero-order valence-corrected chi connectivity index (χ0v) is 12.1. The zero-order valence-electron chi connectivity index (χ0n) is 12.1. The van der Waals surface area contributed by atoms with Crippen LogP contribution in [0.3, 0.4) is 0 Å². The first-order valence-electron chi connectivity index (χ1n) is 7.20. The maximum Gasteiger partial charge on any atom is 0.224 e. The molecule has 0 spiro atoms. The third kappa shape index (κ3) is 4.94. The Balaban J connectivity index is 2.19. The van der Waals surface area contributed by atoms with Crippen LogP contribution in [0.2, 0.25) is 0 Å². The normalized spacial score (nSPS) is 28.4. The van der Waals surface area contributed by atoms with Gasteiger partial charge in [-0.1, -0.05) is 13.3 Å². The van der Waals surface area contributed by atoms with Crippen LogP contribution in [0.5, 0.6) is 0 Å². The summed E-state index contributed by atoms with van der Waals surface area (Å²) in [6, 6.07) is 0.0422. The van der Waals surface area contributed by atoms with Gasteiger partial charge in [0.15, 0.2) is 0 Å². The molecule has 0 aromatic carbocycles. The second-order valence-corrected chi connectivity index (χ2v) is 5.89. The van der Waals surface area contributed by atoms with Gasteiger partial charge in [-0.15, -0.1) is 0 Å². The minimum atomic E-state index is 0.0302. The van der Waals surface area contributed by atoms with E-state index in [2.05, 4.69) is 31.2 Å². The maximum atomic E-state index is 12.0. The Morgan fingerprint density at radius 1 is 1.33 bits per heavy atom. The van der Waals surface area contributed by atoms with Crippen LogP contribution in [-0.4, -0.2) is 44.0 Å². The van der Waals surface area contributed by atoms with E-state index in [0.717, 1.165) is 45.2 Å². The molecule has 4 heteroatoms. The molecule has 1 aliphatic carbocycles. The van der Waals surface area contributed by atoms with Gasteiger partial charge >= 0.3 is 0 Å². The molecule has 106 valence electrons. The van der Waals surface area contributed by atoms with Crippen molar-refractivity contribution in [2.24, 2.45) is 17.6 Å². The minimum absolute atomic E-state index is 0.0302. The minimum Gasteiger partial charge on any atom is -0.356 e. The number of nitrogens with zero attached hydrogens (tertiary/aromatic N) is 1. The summed E-state index contributed by atoms with van der Waals surface area (Å²) in [5.41, 5.74) is 6.13. The Morgan fingerprint density at radius 3 is 2.72 bits per heavy atom. The van der Waals surface area contributed by atoms with E-state index in [1.807, 2.05) is 0 Å². The lowest BCUT2D eigenvalue weighted by atomic mass is 9.78. The summed E-state index contributed by atoms with van der Waals surface area (Å²) in [5, 5.41) is 3.04. The van der Waals surface area contributed by atoms with E-state index < -0.39 is 0 Å². The van der Waals surface area contributed by atoms with Crippen molar-refractivity contribution >= 4 is 5.91 Å². The lowest BCUT2D eigenvalue weighted by molar-refractivity contribution is -0.127. The van der Waals surface area contributed by atoms with Gasteiger partial charge in [-0.2, -0.15) is 0 Å². The fraction of sp³-hybridized carbons (Fsp3) is 0.929. The number of rotatable bonds is 6. The average molecular weight is 255 g/mol. The smallest absolute Gasteiger partial charge is 0.224 e. The van der Waals surface area contributed by atoms with Gasteiger partial charge in [0, 0.05) is 12.6 Å². The van der Waals surface area contributed by atoms with Crippen LogP contribution in [0.15, 0.2) is 0 Å². The highest BCUT2D eigenvalue weighted by Gasteiger charge is 2.32. The zero-order chi connectivity index (χ0) is 13.5. The second kappa shape index (κ2) is 7.74. The van der Waals surface area contributed by atoms with Gasteiger partial charge in [0.2, 0.25) is 5.91 Å². The quantitative estimate of drug-likeness (QED) is 0.701. The highest BCUT2D eigenvalue weighted by molar-refractivity contribution is 5.79. The topological polar surface area (TPSA) is 58.4 Å². The molecule has 3 N–H and O–H groups in total. The van der Waals surface area contributed by atoms with Gasteiger partial charge in [0.1, 0.15) is 0 Å². The lowest BCUT2D eigenvalue weighted by Gasteiger charge is -2.32. The Hall–Kier alpha value is -0.610. The molecule has 1 saturated carbocycles. The summed E-state index contributed by atoms with van der Waals surface area (Å²) >= 11 is 0. The first-order valence-corrected chi connectivity index (χ1v) is 7.20. The van der Waals surface area contributed by atoms with Gasteiger partial charge in [0.05, 0.1) is 5.92 Å². The average Bonchev–Trinajstić information content (AvgIpc) is 2.31. The summed E-state index contributed by atoms with van der Waals surface area (Å²) in [4.78, 5) is 14.2. The van der Waals surface area contributed by atoms with Crippen molar-refractivity contribution in [3.63, 3.8) is 0 Å². The van der Waals surface area contributed by atoms with Crippen molar-refractivity contribution in [3.8, 4) is 0 Å². The molecule has 0 radical (unpaired) electrons. The molecule has 1 aliphatic rings. The molecule has 18 heavy (non-hydrogen) atoms. The largest absolute Gasteiger partial charge is 0.356 e. The summed E-state index contributed by atoms with van der Waals surface area (Å²) in [7, 11) is 4.14. The fourth-order valence-electron chi connectivity index (χ4n) is 2.64. The molecule has 0 aromatic heterocycles. The van der Waals surface area contributed by atoms with Gasteiger partial charge in [-0.05, 0) is 52.2 Å². The Bertz CT molecular complexity index is 255. The molecule has 0 bridgehead atoms. The molecule has 0 aliphatic heterocycles. The number of carbonyl (C=O) groups excluding carboxylic acids is 1.